The molecule has 110 valence electrons. The van der Waals surface area contributed by atoms with Gasteiger partial charge in [0.15, 0.2) is 0 Å². The van der Waals surface area contributed by atoms with Gasteiger partial charge in [0.1, 0.15) is 5.00 Å². The Bertz CT molecular complexity index is 507. The molecule has 0 fully saturated rings. The van der Waals surface area contributed by atoms with E-state index in [1.54, 1.807) is 11.3 Å². The van der Waals surface area contributed by atoms with Gasteiger partial charge in [-0.2, -0.15) is 0 Å². The van der Waals surface area contributed by atoms with Crippen molar-refractivity contribution in [1.82, 2.24) is 0 Å². The van der Waals surface area contributed by atoms with Crippen LogP contribution in [0, 0.1) is 0 Å². The number of amides is 1. The molecule has 0 saturated heterocycles. The summed E-state index contributed by atoms with van der Waals surface area (Å²) in [5.74, 6) is -0.370. The zero-order valence-corrected chi connectivity index (χ0v) is 12.9. The number of rotatable bonds is 4. The molecule has 20 heavy (non-hydrogen) atoms. The van der Waals surface area contributed by atoms with Gasteiger partial charge in [-0.1, -0.05) is 13.3 Å². The fourth-order valence-corrected chi connectivity index (χ4v) is 3.86. The average molecular weight is 295 g/mol. The molecule has 1 aliphatic carbocycles. The highest BCUT2D eigenvalue weighted by molar-refractivity contribution is 7.17. The van der Waals surface area contributed by atoms with Gasteiger partial charge < -0.3 is 10.1 Å². The number of anilines is 1. The number of methoxy groups -OCH3 is 1. The van der Waals surface area contributed by atoms with E-state index in [4.69, 9.17) is 4.74 Å². The van der Waals surface area contributed by atoms with Crippen LogP contribution in [0.2, 0.25) is 0 Å². The lowest BCUT2D eigenvalue weighted by atomic mass is 10.1. The van der Waals surface area contributed by atoms with Crippen LogP contribution in [-0.2, 0) is 22.4 Å². The zero-order chi connectivity index (χ0) is 14.5. The highest BCUT2D eigenvalue weighted by Crippen LogP contribution is 2.37. The van der Waals surface area contributed by atoms with E-state index in [-0.39, 0.29) is 11.9 Å². The predicted octanol–water partition coefficient (Wildman–Crippen LogP) is 3.54. The van der Waals surface area contributed by atoms with Gasteiger partial charge in [0.05, 0.1) is 12.7 Å². The number of esters is 1. The first kappa shape index (κ1) is 15.0. The summed E-state index contributed by atoms with van der Waals surface area (Å²) in [7, 11) is 1.39. The van der Waals surface area contributed by atoms with Gasteiger partial charge in [-0.25, -0.2) is 4.79 Å². The number of carbonyl (C=O) groups excluding carboxylic acids is 2. The predicted molar refractivity (Wildman–Crippen MR) is 80.5 cm³/mol. The maximum Gasteiger partial charge on any atom is 0.341 e. The number of hydrogen-bond donors (Lipinski definition) is 1. The SMILES string of the molecule is CCCC(=O)Nc1sc2c(c1C(=O)OC)CCCCC2. The van der Waals surface area contributed by atoms with Crippen LogP contribution >= 0.6 is 11.3 Å². The molecule has 0 radical (unpaired) electrons. The second-order valence-corrected chi connectivity index (χ2v) is 6.16. The molecule has 2 rings (SSSR count). The van der Waals surface area contributed by atoms with Gasteiger partial charge in [-0.05, 0) is 37.7 Å². The Labute approximate surface area is 123 Å². The standard InChI is InChI=1S/C15H21NO3S/c1-3-7-12(17)16-14-13(15(18)19-2)10-8-5-4-6-9-11(10)20-14/h3-9H2,1-2H3,(H,16,17). The van der Waals surface area contributed by atoms with E-state index in [9.17, 15) is 9.59 Å². The monoisotopic (exact) mass is 295 g/mol. The lowest BCUT2D eigenvalue weighted by Gasteiger charge is -2.06. The minimum Gasteiger partial charge on any atom is -0.465 e. The van der Waals surface area contributed by atoms with E-state index in [2.05, 4.69) is 5.32 Å². The Balaban J connectivity index is 2.35. The van der Waals surface area contributed by atoms with E-state index in [0.29, 0.717) is 17.0 Å². The molecule has 0 bridgehead atoms. The van der Waals surface area contributed by atoms with E-state index in [1.807, 2.05) is 6.92 Å². The molecule has 1 N–H and O–H groups in total. The molecule has 0 saturated carbocycles. The minimum atomic E-state index is -0.337. The molecule has 1 aliphatic rings. The molecular weight excluding hydrogens is 274 g/mol. The summed E-state index contributed by atoms with van der Waals surface area (Å²) >= 11 is 1.54. The van der Waals surface area contributed by atoms with E-state index in [1.165, 1.54) is 18.4 Å². The summed E-state index contributed by atoms with van der Waals surface area (Å²) < 4.78 is 4.90. The van der Waals surface area contributed by atoms with Crippen LogP contribution in [0.4, 0.5) is 5.00 Å². The third-order valence-electron chi connectivity index (χ3n) is 3.54. The fourth-order valence-electron chi connectivity index (χ4n) is 2.56. The third kappa shape index (κ3) is 3.20. The summed E-state index contributed by atoms with van der Waals surface area (Å²) in [5.41, 5.74) is 1.67. The smallest absolute Gasteiger partial charge is 0.341 e. The van der Waals surface area contributed by atoms with Crippen LogP contribution in [0.3, 0.4) is 0 Å². The molecule has 0 aromatic carbocycles. The number of fused-ring (bicyclic) bond motifs is 1. The van der Waals surface area contributed by atoms with Crippen molar-refractivity contribution in [3.8, 4) is 0 Å². The fraction of sp³-hybridized carbons (Fsp3) is 0.600. The molecule has 1 amide bonds. The average Bonchev–Trinajstić information content (AvgIpc) is 2.60. The molecular formula is C15H21NO3S. The van der Waals surface area contributed by atoms with Crippen molar-refractivity contribution >= 4 is 28.2 Å². The number of carbonyl (C=O) groups is 2. The third-order valence-corrected chi connectivity index (χ3v) is 4.75. The van der Waals surface area contributed by atoms with Crippen molar-refractivity contribution < 1.29 is 14.3 Å². The topological polar surface area (TPSA) is 55.4 Å². The van der Waals surface area contributed by atoms with Gasteiger partial charge in [0, 0.05) is 11.3 Å². The zero-order valence-electron chi connectivity index (χ0n) is 12.1. The summed E-state index contributed by atoms with van der Waals surface area (Å²) in [5, 5.41) is 3.55. The molecule has 0 unspecified atom stereocenters. The van der Waals surface area contributed by atoms with Crippen molar-refractivity contribution in [2.24, 2.45) is 0 Å². The lowest BCUT2D eigenvalue weighted by molar-refractivity contribution is -0.116. The molecule has 0 atom stereocenters. The van der Waals surface area contributed by atoms with E-state index >= 15 is 0 Å². The van der Waals surface area contributed by atoms with Gasteiger partial charge in [0.2, 0.25) is 5.91 Å². The highest BCUT2D eigenvalue weighted by Gasteiger charge is 2.25. The first-order chi connectivity index (χ1) is 9.67. The quantitative estimate of drug-likeness (QED) is 0.683. The molecule has 1 aromatic rings. The van der Waals surface area contributed by atoms with Gasteiger partial charge >= 0.3 is 5.97 Å². The maximum atomic E-state index is 12.1. The first-order valence-electron chi connectivity index (χ1n) is 7.20. The van der Waals surface area contributed by atoms with Gasteiger partial charge in [-0.15, -0.1) is 11.3 Å². The van der Waals surface area contributed by atoms with Crippen LogP contribution in [0.25, 0.3) is 0 Å². The van der Waals surface area contributed by atoms with Crippen molar-refractivity contribution in [2.45, 2.75) is 51.9 Å². The van der Waals surface area contributed by atoms with Crippen molar-refractivity contribution in [2.75, 3.05) is 12.4 Å². The molecule has 1 heterocycles. The summed E-state index contributed by atoms with van der Waals surface area (Å²) in [6.45, 7) is 1.96. The van der Waals surface area contributed by atoms with Crippen LogP contribution < -0.4 is 5.32 Å². The van der Waals surface area contributed by atoms with E-state index in [0.717, 1.165) is 37.7 Å². The van der Waals surface area contributed by atoms with Crippen LogP contribution in [-0.4, -0.2) is 19.0 Å². The Morgan fingerprint density at radius 1 is 1.25 bits per heavy atom. The number of ether oxygens (including phenoxy) is 1. The summed E-state index contributed by atoms with van der Waals surface area (Å²) in [6.07, 6.45) is 6.60. The van der Waals surface area contributed by atoms with Crippen LogP contribution in [0.5, 0.6) is 0 Å². The molecule has 5 heteroatoms. The summed E-state index contributed by atoms with van der Waals surface area (Å²) in [6, 6.07) is 0. The first-order valence-corrected chi connectivity index (χ1v) is 8.01. The normalized spacial score (nSPS) is 14.3. The van der Waals surface area contributed by atoms with Crippen molar-refractivity contribution in [3.63, 3.8) is 0 Å². The van der Waals surface area contributed by atoms with Crippen LogP contribution in [0.15, 0.2) is 0 Å². The largest absolute Gasteiger partial charge is 0.465 e. The number of hydrogen-bond acceptors (Lipinski definition) is 4. The maximum absolute atomic E-state index is 12.1. The number of aryl methyl sites for hydroxylation is 1. The minimum absolute atomic E-state index is 0.0333. The summed E-state index contributed by atoms with van der Waals surface area (Å²) in [4.78, 5) is 25.1. The second-order valence-electron chi connectivity index (χ2n) is 5.06. The van der Waals surface area contributed by atoms with Crippen LogP contribution in [0.1, 0.15) is 59.8 Å². The number of thiophene rings is 1. The Morgan fingerprint density at radius 2 is 2.00 bits per heavy atom. The van der Waals surface area contributed by atoms with Gasteiger partial charge in [0.25, 0.3) is 0 Å². The molecule has 4 nitrogen and oxygen atoms in total. The molecule has 1 aromatic heterocycles. The second kappa shape index (κ2) is 6.88. The Hall–Kier alpha value is -1.36. The number of nitrogens with one attached hydrogen (secondary N) is 1. The van der Waals surface area contributed by atoms with Crippen molar-refractivity contribution in [1.29, 1.82) is 0 Å². The lowest BCUT2D eigenvalue weighted by Crippen LogP contribution is -2.13. The van der Waals surface area contributed by atoms with Gasteiger partial charge in [-0.3, -0.25) is 4.79 Å². The Morgan fingerprint density at radius 3 is 2.70 bits per heavy atom. The Kier molecular flexibility index (Phi) is 5.17. The highest BCUT2D eigenvalue weighted by atomic mass is 32.1. The molecule has 0 spiro atoms. The van der Waals surface area contributed by atoms with E-state index < -0.39 is 0 Å². The van der Waals surface area contributed by atoms with Crippen molar-refractivity contribution in [3.05, 3.63) is 16.0 Å². The molecule has 0 aliphatic heterocycles.